The van der Waals surface area contributed by atoms with E-state index in [2.05, 4.69) is 6.58 Å². The third kappa shape index (κ3) is 2.80. The molecule has 1 aromatic heterocycles. The van der Waals surface area contributed by atoms with Crippen molar-refractivity contribution in [2.75, 3.05) is 6.54 Å². The van der Waals surface area contributed by atoms with Crippen LogP contribution in [0.1, 0.15) is 24.4 Å². The lowest BCUT2D eigenvalue weighted by atomic mass is 10.4. The van der Waals surface area contributed by atoms with Crippen LogP contribution in [0.4, 0.5) is 0 Å². The van der Waals surface area contributed by atoms with Crippen LogP contribution in [-0.4, -0.2) is 36.4 Å². The van der Waals surface area contributed by atoms with Crippen LogP contribution in [0.15, 0.2) is 34.3 Å². The lowest BCUT2D eigenvalue weighted by Gasteiger charge is -2.22. The summed E-state index contributed by atoms with van der Waals surface area (Å²) >= 11 is 0. The zero-order valence-corrected chi connectivity index (χ0v) is 11.0. The van der Waals surface area contributed by atoms with Crippen LogP contribution >= 0.6 is 0 Å². The zero-order valence-electron chi connectivity index (χ0n) is 10.2. The van der Waals surface area contributed by atoms with Crippen molar-refractivity contribution in [1.82, 2.24) is 4.31 Å². The first kappa shape index (κ1) is 14.5. The summed E-state index contributed by atoms with van der Waals surface area (Å²) in [7, 11) is -3.84. The molecular formula is C11H15NO5S. The van der Waals surface area contributed by atoms with Crippen LogP contribution < -0.4 is 0 Å². The standard InChI is InChI=1S/C11H15NO5S/c1-4-7-12(8(2)3)18(15,16)10-6-5-9(17-10)11(13)14/h4-6,8H,1,7H2,2-3H3,(H,13,14). The van der Waals surface area contributed by atoms with E-state index in [0.29, 0.717) is 0 Å². The number of carboxylic acids is 1. The largest absolute Gasteiger partial charge is 0.475 e. The van der Waals surface area contributed by atoms with Gasteiger partial charge in [0.15, 0.2) is 0 Å². The van der Waals surface area contributed by atoms with Crippen molar-refractivity contribution in [3.63, 3.8) is 0 Å². The number of rotatable bonds is 6. The van der Waals surface area contributed by atoms with Gasteiger partial charge in [0.1, 0.15) is 0 Å². The normalized spacial score (nSPS) is 12.0. The van der Waals surface area contributed by atoms with Crippen molar-refractivity contribution in [2.24, 2.45) is 0 Å². The molecule has 0 radical (unpaired) electrons. The minimum absolute atomic E-state index is 0.128. The quantitative estimate of drug-likeness (QED) is 0.795. The number of carbonyl (C=O) groups is 1. The number of carboxylic acid groups (broad SMARTS) is 1. The fourth-order valence-electron chi connectivity index (χ4n) is 1.40. The van der Waals surface area contributed by atoms with Gasteiger partial charge in [-0.3, -0.25) is 0 Å². The van der Waals surface area contributed by atoms with Crippen LogP contribution in [0, 0.1) is 0 Å². The summed E-state index contributed by atoms with van der Waals surface area (Å²) in [6.07, 6.45) is 1.46. The molecule has 1 aromatic rings. The first-order valence-electron chi connectivity index (χ1n) is 5.26. The summed E-state index contributed by atoms with van der Waals surface area (Å²) in [4.78, 5) is 10.7. The molecule has 100 valence electrons. The van der Waals surface area contributed by atoms with Gasteiger partial charge in [-0.05, 0) is 26.0 Å². The van der Waals surface area contributed by atoms with Gasteiger partial charge in [0, 0.05) is 12.6 Å². The highest BCUT2D eigenvalue weighted by atomic mass is 32.2. The third-order valence-corrected chi connectivity index (χ3v) is 4.16. The minimum Gasteiger partial charge on any atom is -0.475 e. The van der Waals surface area contributed by atoms with E-state index in [1.807, 2.05) is 0 Å². The second-order valence-corrected chi connectivity index (χ2v) is 5.70. The molecule has 1 heterocycles. The SMILES string of the molecule is C=CCN(C(C)C)S(=O)(=O)c1ccc(C(=O)O)o1. The molecule has 0 aromatic carbocycles. The molecule has 0 amide bonds. The van der Waals surface area contributed by atoms with E-state index in [4.69, 9.17) is 9.52 Å². The highest BCUT2D eigenvalue weighted by molar-refractivity contribution is 7.89. The molecule has 0 fully saturated rings. The van der Waals surface area contributed by atoms with Crippen LogP contribution in [0.2, 0.25) is 0 Å². The molecule has 0 saturated carbocycles. The topological polar surface area (TPSA) is 87.8 Å². The zero-order chi connectivity index (χ0) is 13.9. The molecule has 0 atom stereocenters. The maximum atomic E-state index is 12.2. The van der Waals surface area contributed by atoms with Gasteiger partial charge in [0.2, 0.25) is 10.9 Å². The van der Waals surface area contributed by atoms with Gasteiger partial charge < -0.3 is 9.52 Å². The van der Waals surface area contributed by atoms with E-state index in [1.165, 1.54) is 10.4 Å². The second kappa shape index (κ2) is 5.36. The van der Waals surface area contributed by atoms with Gasteiger partial charge in [-0.25, -0.2) is 13.2 Å². The Kier molecular flexibility index (Phi) is 4.31. The highest BCUT2D eigenvalue weighted by Crippen LogP contribution is 2.20. The van der Waals surface area contributed by atoms with Crippen molar-refractivity contribution in [2.45, 2.75) is 25.0 Å². The predicted octanol–water partition coefficient (Wildman–Crippen LogP) is 1.56. The summed E-state index contributed by atoms with van der Waals surface area (Å²) in [5.41, 5.74) is 0. The summed E-state index contributed by atoms with van der Waals surface area (Å²) in [6.45, 7) is 7.04. The fourth-order valence-corrected chi connectivity index (χ4v) is 2.93. The maximum absolute atomic E-state index is 12.2. The number of aromatic carboxylic acids is 1. The average molecular weight is 273 g/mol. The molecule has 0 saturated heterocycles. The summed E-state index contributed by atoms with van der Waals surface area (Å²) in [6, 6.07) is 1.96. The minimum atomic E-state index is -3.84. The van der Waals surface area contributed by atoms with Crippen LogP contribution in [0.5, 0.6) is 0 Å². The Morgan fingerprint density at radius 2 is 2.17 bits per heavy atom. The fraction of sp³-hybridized carbons (Fsp3) is 0.364. The van der Waals surface area contributed by atoms with Crippen LogP contribution in [0.3, 0.4) is 0 Å². The van der Waals surface area contributed by atoms with Gasteiger partial charge in [-0.15, -0.1) is 6.58 Å². The van der Waals surface area contributed by atoms with Gasteiger partial charge >= 0.3 is 5.97 Å². The van der Waals surface area contributed by atoms with Crippen LogP contribution in [0.25, 0.3) is 0 Å². The average Bonchev–Trinajstić information content (AvgIpc) is 2.74. The maximum Gasteiger partial charge on any atom is 0.371 e. The molecule has 0 aliphatic heterocycles. The molecule has 18 heavy (non-hydrogen) atoms. The van der Waals surface area contributed by atoms with Crippen molar-refractivity contribution in [3.05, 3.63) is 30.5 Å². The molecule has 0 aliphatic carbocycles. The molecule has 1 N–H and O–H groups in total. The van der Waals surface area contributed by atoms with Crippen molar-refractivity contribution in [1.29, 1.82) is 0 Å². The van der Waals surface area contributed by atoms with E-state index in [-0.39, 0.29) is 17.7 Å². The van der Waals surface area contributed by atoms with E-state index < -0.39 is 21.8 Å². The van der Waals surface area contributed by atoms with Crippen molar-refractivity contribution in [3.8, 4) is 0 Å². The lowest BCUT2D eigenvalue weighted by Crippen LogP contribution is -2.36. The Labute approximate surface area is 106 Å². The molecule has 7 heteroatoms. The first-order chi connectivity index (χ1) is 8.30. The smallest absolute Gasteiger partial charge is 0.371 e. The number of nitrogens with zero attached hydrogens (tertiary/aromatic N) is 1. The Hall–Kier alpha value is -1.60. The lowest BCUT2D eigenvalue weighted by molar-refractivity contribution is 0.0656. The van der Waals surface area contributed by atoms with Crippen LogP contribution in [-0.2, 0) is 10.0 Å². The molecule has 0 unspecified atom stereocenters. The number of hydrogen-bond donors (Lipinski definition) is 1. The van der Waals surface area contributed by atoms with Crippen molar-refractivity contribution < 1.29 is 22.7 Å². The van der Waals surface area contributed by atoms with E-state index in [1.54, 1.807) is 13.8 Å². The summed E-state index contributed by atoms with van der Waals surface area (Å²) < 4.78 is 30.4. The Morgan fingerprint density at radius 1 is 1.56 bits per heavy atom. The van der Waals surface area contributed by atoms with Gasteiger partial charge in [-0.1, -0.05) is 6.08 Å². The first-order valence-corrected chi connectivity index (χ1v) is 6.70. The van der Waals surface area contributed by atoms with E-state index in [9.17, 15) is 13.2 Å². The third-order valence-electron chi connectivity index (χ3n) is 2.24. The van der Waals surface area contributed by atoms with Gasteiger partial charge in [0.05, 0.1) is 0 Å². The molecule has 1 rings (SSSR count). The highest BCUT2D eigenvalue weighted by Gasteiger charge is 2.29. The van der Waals surface area contributed by atoms with Gasteiger partial charge in [0.25, 0.3) is 10.0 Å². The molecular weight excluding hydrogens is 258 g/mol. The van der Waals surface area contributed by atoms with Gasteiger partial charge in [-0.2, -0.15) is 4.31 Å². The number of hydrogen-bond acceptors (Lipinski definition) is 4. The molecule has 0 bridgehead atoms. The molecule has 6 nitrogen and oxygen atoms in total. The number of furan rings is 1. The Morgan fingerprint density at radius 3 is 2.56 bits per heavy atom. The Balaban J connectivity index is 3.17. The molecule has 0 spiro atoms. The Bertz CT molecular complexity index is 544. The summed E-state index contributed by atoms with van der Waals surface area (Å²) in [5.74, 6) is -1.72. The second-order valence-electron chi connectivity index (χ2n) is 3.88. The van der Waals surface area contributed by atoms with E-state index in [0.717, 1.165) is 12.1 Å². The number of sulfonamides is 1. The predicted molar refractivity (Wildman–Crippen MR) is 64.9 cm³/mol. The van der Waals surface area contributed by atoms with Crippen molar-refractivity contribution >= 4 is 16.0 Å². The van der Waals surface area contributed by atoms with E-state index >= 15 is 0 Å². The monoisotopic (exact) mass is 273 g/mol. The summed E-state index contributed by atoms with van der Waals surface area (Å²) in [5, 5.41) is 8.32. The molecule has 0 aliphatic rings.